The highest BCUT2D eigenvalue weighted by Crippen LogP contribution is 2.40. The standard InChI is InChI=1S/C21H33N3O3S/c1-16(2)23(3)17-9-12-21(13-10-17,24-14-11-19(22)20(24)25)15-28(26,27)18-7-5-4-6-8-18/h4-8,16-17,19H,9-15,22H2,1-3H3/t17?,19-,21?/m0/s1. The van der Waals surface area contributed by atoms with Gasteiger partial charge in [-0.15, -0.1) is 0 Å². The molecule has 2 aliphatic rings. The zero-order chi connectivity index (χ0) is 20.5. The monoisotopic (exact) mass is 407 g/mol. The van der Waals surface area contributed by atoms with Crippen molar-refractivity contribution in [3.8, 4) is 0 Å². The molecule has 1 saturated carbocycles. The van der Waals surface area contributed by atoms with Gasteiger partial charge >= 0.3 is 0 Å². The lowest BCUT2D eigenvalue weighted by molar-refractivity contribution is -0.135. The lowest BCUT2D eigenvalue weighted by Crippen LogP contribution is -2.58. The Morgan fingerprint density at radius 2 is 1.79 bits per heavy atom. The van der Waals surface area contributed by atoms with Crippen LogP contribution >= 0.6 is 0 Å². The summed E-state index contributed by atoms with van der Waals surface area (Å²) in [4.78, 5) is 17.2. The molecular formula is C21H33N3O3S. The molecule has 2 fully saturated rings. The van der Waals surface area contributed by atoms with E-state index < -0.39 is 21.4 Å². The van der Waals surface area contributed by atoms with Gasteiger partial charge in [-0.1, -0.05) is 18.2 Å². The number of carbonyl (C=O) groups is 1. The van der Waals surface area contributed by atoms with Crippen molar-refractivity contribution in [2.75, 3.05) is 19.3 Å². The molecule has 1 aromatic carbocycles. The number of benzene rings is 1. The Hall–Kier alpha value is -1.44. The van der Waals surface area contributed by atoms with E-state index >= 15 is 0 Å². The van der Waals surface area contributed by atoms with E-state index in [1.54, 1.807) is 29.2 Å². The lowest BCUT2D eigenvalue weighted by Gasteiger charge is -2.48. The lowest BCUT2D eigenvalue weighted by atomic mass is 9.78. The van der Waals surface area contributed by atoms with E-state index in [2.05, 4.69) is 25.8 Å². The summed E-state index contributed by atoms with van der Waals surface area (Å²) in [6, 6.07) is 8.91. The number of sulfone groups is 1. The molecule has 1 aliphatic heterocycles. The largest absolute Gasteiger partial charge is 0.335 e. The molecule has 6 nitrogen and oxygen atoms in total. The molecule has 0 aromatic heterocycles. The smallest absolute Gasteiger partial charge is 0.240 e. The number of rotatable bonds is 6. The SMILES string of the molecule is CC(C)N(C)C1CCC(CS(=O)(=O)c2ccccc2)(N2CC[C@H](N)C2=O)CC1. The first-order valence-corrected chi connectivity index (χ1v) is 11.9. The maximum atomic E-state index is 13.2. The quantitative estimate of drug-likeness (QED) is 0.780. The van der Waals surface area contributed by atoms with Crippen LogP contribution in [0.25, 0.3) is 0 Å². The van der Waals surface area contributed by atoms with Crippen LogP contribution in [-0.2, 0) is 14.6 Å². The fraction of sp³-hybridized carbons (Fsp3) is 0.667. The second-order valence-corrected chi connectivity index (χ2v) is 10.7. The third-order valence-electron chi connectivity index (χ3n) is 6.66. The van der Waals surface area contributed by atoms with Crippen molar-refractivity contribution in [2.45, 2.75) is 74.5 Å². The molecule has 1 heterocycles. The molecule has 1 saturated heterocycles. The summed E-state index contributed by atoms with van der Waals surface area (Å²) in [5.74, 6) is -0.125. The van der Waals surface area contributed by atoms with Crippen molar-refractivity contribution in [1.29, 1.82) is 0 Å². The third-order valence-corrected chi connectivity index (χ3v) is 8.56. The molecule has 1 amide bonds. The number of amides is 1. The van der Waals surface area contributed by atoms with Gasteiger partial charge in [-0.25, -0.2) is 8.42 Å². The maximum Gasteiger partial charge on any atom is 0.240 e. The summed E-state index contributed by atoms with van der Waals surface area (Å²) in [5, 5.41) is 0. The van der Waals surface area contributed by atoms with Crippen LogP contribution in [0.1, 0.15) is 46.0 Å². The van der Waals surface area contributed by atoms with Gasteiger partial charge in [0.05, 0.1) is 22.2 Å². The number of hydrogen-bond donors (Lipinski definition) is 1. The minimum absolute atomic E-state index is 0.0272. The second-order valence-electron chi connectivity index (χ2n) is 8.67. The van der Waals surface area contributed by atoms with E-state index in [0.717, 1.165) is 12.8 Å². The summed E-state index contributed by atoms with van der Waals surface area (Å²) in [5.41, 5.74) is 5.32. The molecule has 0 radical (unpaired) electrons. The van der Waals surface area contributed by atoms with Gasteiger partial charge < -0.3 is 15.5 Å². The van der Waals surface area contributed by atoms with E-state index in [1.807, 2.05) is 6.07 Å². The number of nitrogens with zero attached hydrogens (tertiary/aromatic N) is 2. The molecule has 1 aromatic rings. The maximum absolute atomic E-state index is 13.2. The Bertz CT molecular complexity index is 786. The first-order chi connectivity index (χ1) is 13.2. The summed E-state index contributed by atoms with van der Waals surface area (Å²) in [6.07, 6.45) is 3.76. The molecule has 156 valence electrons. The van der Waals surface area contributed by atoms with Gasteiger partial charge in [0, 0.05) is 18.6 Å². The van der Waals surface area contributed by atoms with Crippen LogP contribution in [0.3, 0.4) is 0 Å². The fourth-order valence-corrected chi connectivity index (χ4v) is 6.59. The Kier molecular flexibility index (Phi) is 6.17. The summed E-state index contributed by atoms with van der Waals surface area (Å²) < 4.78 is 26.4. The van der Waals surface area contributed by atoms with Gasteiger partial charge in [-0.2, -0.15) is 0 Å². The summed E-state index contributed by atoms with van der Waals surface area (Å²) >= 11 is 0. The topological polar surface area (TPSA) is 83.7 Å². The first kappa shape index (κ1) is 21.3. The van der Waals surface area contributed by atoms with E-state index in [0.29, 0.717) is 42.8 Å². The fourth-order valence-electron chi connectivity index (χ4n) is 4.70. The molecule has 0 spiro atoms. The Balaban J connectivity index is 1.88. The van der Waals surface area contributed by atoms with E-state index in [1.165, 1.54) is 0 Å². The minimum atomic E-state index is -3.50. The van der Waals surface area contributed by atoms with Gasteiger partial charge in [0.2, 0.25) is 5.91 Å². The number of nitrogens with two attached hydrogens (primary N) is 1. The van der Waals surface area contributed by atoms with Gasteiger partial charge in [-0.05, 0) is 65.1 Å². The molecule has 0 unspecified atom stereocenters. The predicted molar refractivity (Wildman–Crippen MR) is 111 cm³/mol. The summed E-state index contributed by atoms with van der Waals surface area (Å²) in [7, 11) is -1.37. The molecule has 28 heavy (non-hydrogen) atoms. The first-order valence-electron chi connectivity index (χ1n) is 10.2. The summed E-state index contributed by atoms with van der Waals surface area (Å²) in [6.45, 7) is 4.89. The molecular weight excluding hydrogens is 374 g/mol. The van der Waals surface area contributed by atoms with Crippen LogP contribution in [-0.4, -0.2) is 67.1 Å². The molecule has 7 heteroatoms. The van der Waals surface area contributed by atoms with Crippen molar-refractivity contribution in [1.82, 2.24) is 9.80 Å². The zero-order valence-electron chi connectivity index (χ0n) is 17.2. The van der Waals surface area contributed by atoms with E-state index in [4.69, 9.17) is 5.73 Å². The van der Waals surface area contributed by atoms with Crippen molar-refractivity contribution in [3.05, 3.63) is 30.3 Å². The van der Waals surface area contributed by atoms with E-state index in [9.17, 15) is 13.2 Å². The normalized spacial score (nSPS) is 29.1. The molecule has 1 atom stereocenters. The highest BCUT2D eigenvalue weighted by molar-refractivity contribution is 7.91. The van der Waals surface area contributed by atoms with Crippen molar-refractivity contribution in [2.24, 2.45) is 5.73 Å². The predicted octanol–water partition coefficient (Wildman–Crippen LogP) is 2.04. The Labute approximate surface area is 169 Å². The van der Waals surface area contributed by atoms with Crippen LogP contribution in [0, 0.1) is 0 Å². The average molecular weight is 408 g/mol. The Morgan fingerprint density at radius 1 is 1.18 bits per heavy atom. The molecule has 3 rings (SSSR count). The van der Waals surface area contributed by atoms with Crippen molar-refractivity contribution < 1.29 is 13.2 Å². The van der Waals surface area contributed by atoms with Gasteiger partial charge in [0.1, 0.15) is 0 Å². The van der Waals surface area contributed by atoms with Crippen LogP contribution in [0.2, 0.25) is 0 Å². The van der Waals surface area contributed by atoms with Crippen LogP contribution in [0.15, 0.2) is 35.2 Å². The zero-order valence-corrected chi connectivity index (χ0v) is 18.0. The van der Waals surface area contributed by atoms with Gasteiger partial charge in [-0.3, -0.25) is 4.79 Å². The molecule has 1 aliphatic carbocycles. The van der Waals surface area contributed by atoms with Crippen LogP contribution in [0.5, 0.6) is 0 Å². The van der Waals surface area contributed by atoms with Crippen LogP contribution in [0.4, 0.5) is 0 Å². The molecule has 2 N–H and O–H groups in total. The number of likely N-dealkylation sites (tertiary alicyclic amines) is 1. The second kappa shape index (κ2) is 8.13. The highest BCUT2D eigenvalue weighted by atomic mass is 32.2. The van der Waals surface area contributed by atoms with Crippen molar-refractivity contribution >= 4 is 15.7 Å². The average Bonchev–Trinajstić information content (AvgIpc) is 3.01. The third kappa shape index (κ3) is 4.11. The minimum Gasteiger partial charge on any atom is -0.335 e. The molecule has 0 bridgehead atoms. The van der Waals surface area contributed by atoms with Crippen molar-refractivity contribution in [3.63, 3.8) is 0 Å². The highest BCUT2D eigenvalue weighted by Gasteiger charge is 2.49. The number of carbonyl (C=O) groups excluding carboxylic acids is 1. The number of hydrogen-bond acceptors (Lipinski definition) is 5. The van der Waals surface area contributed by atoms with Gasteiger partial charge in [0.15, 0.2) is 9.84 Å². The Morgan fingerprint density at radius 3 is 2.29 bits per heavy atom. The van der Waals surface area contributed by atoms with E-state index in [-0.39, 0.29) is 11.7 Å². The van der Waals surface area contributed by atoms with Gasteiger partial charge in [0.25, 0.3) is 0 Å². The van der Waals surface area contributed by atoms with Crippen LogP contribution < -0.4 is 5.73 Å².